The fraction of sp³-hybridized carbons (Fsp3) is 0.400. The van der Waals surface area contributed by atoms with Gasteiger partial charge in [0.15, 0.2) is 20.2 Å². The van der Waals surface area contributed by atoms with Crippen molar-refractivity contribution in [3.63, 3.8) is 0 Å². The third kappa shape index (κ3) is 13.9. The first-order valence-corrected chi connectivity index (χ1v) is 35.6. The Morgan fingerprint density at radius 3 is 1.48 bits per heavy atom. The number of hydrogen-bond donors (Lipinski definition) is 2. The number of nitrogens with two attached hydrogens (primary N) is 1. The number of hydrogen-bond acceptors (Lipinski definition) is 19. The number of aliphatic imine (C=N–C) groups is 4. The van der Waals surface area contributed by atoms with Crippen molar-refractivity contribution in [3.05, 3.63) is 183 Å². The van der Waals surface area contributed by atoms with Gasteiger partial charge in [0.05, 0.1) is 55.0 Å². The predicted molar refractivity (Wildman–Crippen MR) is 338 cm³/mol. The fourth-order valence-corrected chi connectivity index (χ4v) is 18.6. The van der Waals surface area contributed by atoms with E-state index in [4.69, 9.17) is 17.3 Å². The number of rotatable bonds is 9. The minimum atomic E-state index is -3.67. The van der Waals surface area contributed by atoms with Gasteiger partial charge in [-0.25, -0.2) is 38.4 Å². The molecule has 468 valence electrons. The van der Waals surface area contributed by atoms with Crippen LogP contribution in [0.5, 0.6) is 0 Å². The van der Waals surface area contributed by atoms with Gasteiger partial charge in [-0.1, -0.05) is 29.8 Å². The molecule has 1 unspecified atom stereocenters. The maximum absolute atomic E-state index is 13.1. The molecule has 0 spiro atoms. The van der Waals surface area contributed by atoms with Crippen LogP contribution in [0.3, 0.4) is 0 Å². The molecule has 29 heteroatoms. The lowest BCUT2D eigenvalue weighted by molar-refractivity contribution is -0.122. The molecule has 3 N–H and O–H groups in total. The van der Waals surface area contributed by atoms with E-state index < -0.39 is 40.1 Å². The molecule has 13 heterocycles. The normalized spacial score (nSPS) is 19.8. The van der Waals surface area contributed by atoms with Crippen molar-refractivity contribution in [3.8, 4) is 0 Å². The van der Waals surface area contributed by atoms with Crippen LogP contribution in [0.25, 0.3) is 0 Å². The molecule has 6 aromatic rings. The maximum atomic E-state index is 13.1. The number of pyridine rings is 5. The zero-order valence-corrected chi connectivity index (χ0v) is 52.9. The lowest BCUT2D eigenvalue weighted by Crippen LogP contribution is -2.47. The van der Waals surface area contributed by atoms with Crippen molar-refractivity contribution < 1.29 is 38.5 Å². The number of carbonyl (C=O) groups is 1. The summed E-state index contributed by atoms with van der Waals surface area (Å²) in [5, 5.41) is 1.16. The second kappa shape index (κ2) is 27.2. The van der Waals surface area contributed by atoms with Crippen LogP contribution >= 0.6 is 11.6 Å². The average molecular weight is 1310 g/mol. The number of nitrogens with one attached hydrogen (secondary N) is 1. The van der Waals surface area contributed by atoms with Crippen molar-refractivity contribution in [1.82, 2.24) is 47.5 Å². The van der Waals surface area contributed by atoms with E-state index in [9.17, 15) is 38.5 Å². The molecule has 24 nitrogen and oxygen atoms in total. The molecule has 4 fully saturated rings. The van der Waals surface area contributed by atoms with Gasteiger partial charge in [0.25, 0.3) is 40.1 Å². The molecule has 1 amide bonds. The molecule has 1 aromatic carbocycles. The summed E-state index contributed by atoms with van der Waals surface area (Å²) in [6, 6.07) is 23.5. The summed E-state index contributed by atoms with van der Waals surface area (Å²) >= 11 is 5.97. The first-order valence-electron chi connectivity index (χ1n) is 29.5. The first kappa shape index (κ1) is 63.6. The Morgan fingerprint density at radius 1 is 0.551 bits per heavy atom. The molecular formula is C60H68ClN15O9S4. The highest BCUT2D eigenvalue weighted by Gasteiger charge is 2.42. The quantitative estimate of drug-likeness (QED) is 0.182. The second-order valence-corrected chi connectivity index (χ2v) is 30.0. The van der Waals surface area contributed by atoms with E-state index >= 15 is 0 Å². The number of aryl methyl sites for hydroxylation is 1. The van der Waals surface area contributed by atoms with Gasteiger partial charge < -0.3 is 10.6 Å². The van der Waals surface area contributed by atoms with Crippen LogP contribution in [0, 0.1) is 12.8 Å². The maximum Gasteiger partial charge on any atom is 0.261 e. The van der Waals surface area contributed by atoms with Crippen LogP contribution < -0.4 is 10.5 Å². The van der Waals surface area contributed by atoms with E-state index in [0.29, 0.717) is 116 Å². The topological polar surface area (TPSA) is 319 Å². The van der Waals surface area contributed by atoms with Crippen LogP contribution in [0.15, 0.2) is 136 Å². The standard InChI is InChI=1S/C16H16N4O2S.C16H22N4O2S.C15H14ClN3O2S.C13H16N4O3S/c21-23(22,16-13-5-2-8-18-14(13)11-19-16)20-9-3-6-15(20)12-4-1-7-17-10-12;21-23(22,16-14-4-3-7-17-15(14)12-18-16)20-10-5-13(6-11-20)19-8-1-2-9-19;1-10-7-11(4-5-13(10)16)8-19-22(20,21)15-12-3-2-6-17-14(12)9-18-15;14-12(18)9-3-6-17(7-4-9)21(19,20)13-10-2-1-5-15-11(10)8-16-13/h1-2,4-5,7-8,10,15H,3,6,9,11H2;3-4,7,13H,1-2,5-6,8-12H2;2-7,19H,8-9H2,1H3;1-2,5,9H,3-4,6-8H2,(H2,14,18). The number of carbonyl (C=O) groups excluding carboxylic acids is 1. The summed E-state index contributed by atoms with van der Waals surface area (Å²) < 4.78 is 109. The Hall–Kier alpha value is -6.99. The van der Waals surface area contributed by atoms with E-state index in [1.165, 1.54) is 30.2 Å². The molecule has 1 atom stereocenters. The molecule has 5 aromatic heterocycles. The number of likely N-dealkylation sites (tertiary alicyclic amines) is 1. The number of sulfonamides is 4. The van der Waals surface area contributed by atoms with E-state index in [1.54, 1.807) is 100 Å². The van der Waals surface area contributed by atoms with Crippen molar-refractivity contribution in [2.45, 2.75) is 103 Å². The smallest absolute Gasteiger partial charge is 0.261 e. The summed E-state index contributed by atoms with van der Waals surface area (Å²) in [4.78, 5) is 51.3. The summed E-state index contributed by atoms with van der Waals surface area (Å²) in [6.07, 6.45) is 17.0. The van der Waals surface area contributed by atoms with Crippen molar-refractivity contribution in [2.24, 2.45) is 31.6 Å². The number of nitrogens with zero attached hydrogens (tertiary/aromatic N) is 13. The van der Waals surface area contributed by atoms with E-state index in [-0.39, 0.29) is 44.6 Å². The molecule has 4 saturated heterocycles. The van der Waals surface area contributed by atoms with Gasteiger partial charge in [-0.15, -0.1) is 0 Å². The number of primary amides is 1. The Labute approximate surface area is 523 Å². The zero-order valence-electron chi connectivity index (χ0n) is 48.9. The molecule has 89 heavy (non-hydrogen) atoms. The number of benzene rings is 1. The largest absolute Gasteiger partial charge is 0.369 e. The molecule has 8 aliphatic rings. The highest BCUT2D eigenvalue weighted by Crippen LogP contribution is 2.37. The van der Waals surface area contributed by atoms with Gasteiger partial charge in [0, 0.05) is 116 Å². The molecule has 0 bridgehead atoms. The Kier molecular flexibility index (Phi) is 19.4. The monoisotopic (exact) mass is 1310 g/mol. The minimum absolute atomic E-state index is 0.0567. The molecule has 0 radical (unpaired) electrons. The van der Waals surface area contributed by atoms with Gasteiger partial charge in [-0.05, 0) is 149 Å². The third-order valence-electron chi connectivity index (χ3n) is 16.8. The van der Waals surface area contributed by atoms with Gasteiger partial charge in [-0.2, -0.15) is 12.9 Å². The highest BCUT2D eigenvalue weighted by atomic mass is 35.5. The molecule has 0 aliphatic carbocycles. The van der Waals surface area contributed by atoms with E-state index in [2.05, 4.69) is 54.5 Å². The van der Waals surface area contributed by atoms with Gasteiger partial charge in [0.1, 0.15) is 0 Å². The van der Waals surface area contributed by atoms with Gasteiger partial charge in [-0.3, -0.25) is 49.7 Å². The Bertz CT molecular complexity index is 4230. The Balaban J connectivity index is 0.000000122. The number of fused-ring (bicyclic) bond motifs is 4. The molecule has 8 aliphatic heterocycles. The molecule has 0 saturated carbocycles. The number of aromatic nitrogens is 5. The summed E-state index contributed by atoms with van der Waals surface area (Å²) in [6.45, 7) is 7.99. The average Bonchev–Trinajstić information content (AvgIpc) is 1.78. The van der Waals surface area contributed by atoms with Crippen molar-refractivity contribution >= 4 is 77.8 Å². The summed E-state index contributed by atoms with van der Waals surface area (Å²) in [5.41, 5.74) is 13.3. The third-order valence-corrected chi connectivity index (χ3v) is 24.3. The van der Waals surface area contributed by atoms with Crippen LogP contribution in [0.4, 0.5) is 0 Å². The van der Waals surface area contributed by atoms with Gasteiger partial charge >= 0.3 is 0 Å². The Morgan fingerprint density at radius 2 is 1.01 bits per heavy atom. The van der Waals surface area contributed by atoms with Gasteiger partial charge in [0.2, 0.25) is 5.91 Å². The summed E-state index contributed by atoms with van der Waals surface area (Å²) in [7, 11) is -14.4. The molecular weight excluding hydrogens is 1240 g/mol. The predicted octanol–water partition coefficient (Wildman–Crippen LogP) is 5.43. The minimum Gasteiger partial charge on any atom is -0.369 e. The van der Waals surface area contributed by atoms with Crippen molar-refractivity contribution in [2.75, 3.05) is 45.8 Å². The second-order valence-electron chi connectivity index (χ2n) is 22.4. The highest BCUT2D eigenvalue weighted by molar-refractivity contribution is 8.06. The lowest BCUT2D eigenvalue weighted by Gasteiger charge is -2.35. The molecule has 14 rings (SSSR count). The lowest BCUT2D eigenvalue weighted by atomic mass is 9.98. The number of piperidine rings is 2. The number of halogens is 1. The van der Waals surface area contributed by atoms with Crippen molar-refractivity contribution in [1.29, 1.82) is 0 Å². The fourth-order valence-electron chi connectivity index (χ4n) is 12.1. The zero-order chi connectivity index (χ0) is 62.5. The first-order chi connectivity index (χ1) is 42.8. The van der Waals surface area contributed by atoms with Crippen LogP contribution in [0.2, 0.25) is 5.02 Å². The van der Waals surface area contributed by atoms with E-state index in [1.807, 2.05) is 31.2 Å². The van der Waals surface area contributed by atoms with Crippen LogP contribution in [-0.2, 0) is 77.6 Å². The number of amides is 1. The van der Waals surface area contributed by atoms with Crippen LogP contribution in [-0.4, -0.2) is 154 Å². The van der Waals surface area contributed by atoms with Crippen LogP contribution in [0.1, 0.15) is 119 Å². The SMILES string of the molecule is Cc1cc(CNS(=O)(=O)C2=NCc3ncccc32)ccc1Cl.NC(=O)C1CCN(S(=O)(=O)C2=NCc3ncccc32)CC1.O=S(=O)(C1=NCc2ncccc21)N1CCC(N2CCCC2)CC1.O=S(=O)(C1=NCc2ncccc21)N1CCCC1c1cccnc1. The summed E-state index contributed by atoms with van der Waals surface area (Å²) in [5.74, 6) is -0.601. The van der Waals surface area contributed by atoms with E-state index in [0.717, 1.165) is 53.8 Å².